The van der Waals surface area contributed by atoms with Crippen LogP contribution in [0.25, 0.3) is 0 Å². The minimum absolute atomic E-state index is 0.0639. The lowest BCUT2D eigenvalue weighted by molar-refractivity contribution is -0.384. The molecule has 0 fully saturated rings. The first-order chi connectivity index (χ1) is 16.5. The van der Waals surface area contributed by atoms with Gasteiger partial charge in [-0.05, 0) is 36.3 Å². The van der Waals surface area contributed by atoms with Gasteiger partial charge in [-0.15, -0.1) is 0 Å². The Labute approximate surface area is 215 Å². The Morgan fingerprint density at radius 2 is 1.80 bits per heavy atom. The van der Waals surface area contributed by atoms with E-state index in [4.69, 9.17) is 9.47 Å². The third-order valence-corrected chi connectivity index (χ3v) is 6.60. The van der Waals surface area contributed by atoms with Crippen molar-refractivity contribution in [2.75, 3.05) is 20.8 Å². The van der Waals surface area contributed by atoms with Gasteiger partial charge in [0.05, 0.1) is 19.1 Å². The number of carboxylic acid groups (broad SMARTS) is 1. The third kappa shape index (κ3) is 8.50. The standard InChI is InChI=1S/C26H35BrN2O6/c1-26(2,3)24(25(30)31)28(16-19-11-14-22(34-4)15-23(19)35-5)17-20(27)8-6-7-18-9-12-21(13-10-18)29(32)33/h9-15,20,24H,6-8,16-17H2,1-5H3,(H,30,31). The Morgan fingerprint density at radius 3 is 2.31 bits per heavy atom. The van der Waals surface area contributed by atoms with Crippen molar-refractivity contribution in [2.24, 2.45) is 5.41 Å². The average Bonchev–Trinajstić information content (AvgIpc) is 2.78. The van der Waals surface area contributed by atoms with Crippen LogP contribution in [0.2, 0.25) is 0 Å². The number of carbonyl (C=O) groups is 1. The Hall–Kier alpha value is -2.65. The molecule has 192 valence electrons. The predicted molar refractivity (Wildman–Crippen MR) is 140 cm³/mol. The minimum Gasteiger partial charge on any atom is -0.497 e. The summed E-state index contributed by atoms with van der Waals surface area (Å²) >= 11 is 3.76. The van der Waals surface area contributed by atoms with Crippen LogP contribution in [0.15, 0.2) is 42.5 Å². The van der Waals surface area contributed by atoms with Gasteiger partial charge in [-0.2, -0.15) is 0 Å². The van der Waals surface area contributed by atoms with E-state index in [1.165, 1.54) is 12.1 Å². The van der Waals surface area contributed by atoms with Crippen molar-refractivity contribution in [3.63, 3.8) is 0 Å². The van der Waals surface area contributed by atoms with E-state index >= 15 is 0 Å². The Bertz CT molecular complexity index is 990. The quantitative estimate of drug-likeness (QED) is 0.194. The second kappa shape index (κ2) is 12.9. The monoisotopic (exact) mass is 550 g/mol. The van der Waals surface area contributed by atoms with Gasteiger partial charge in [-0.1, -0.05) is 54.9 Å². The van der Waals surface area contributed by atoms with Crippen LogP contribution in [0.1, 0.15) is 44.7 Å². The molecule has 0 spiro atoms. The molecule has 8 nitrogen and oxygen atoms in total. The van der Waals surface area contributed by atoms with E-state index in [-0.39, 0.29) is 10.5 Å². The number of alkyl halides is 1. The Morgan fingerprint density at radius 1 is 1.14 bits per heavy atom. The lowest BCUT2D eigenvalue weighted by Gasteiger charge is -2.38. The summed E-state index contributed by atoms with van der Waals surface area (Å²) in [6.07, 6.45) is 2.47. The molecule has 0 bridgehead atoms. The van der Waals surface area contributed by atoms with Crippen LogP contribution in [0.4, 0.5) is 5.69 Å². The molecule has 0 aromatic heterocycles. The van der Waals surface area contributed by atoms with Gasteiger partial charge in [-0.3, -0.25) is 19.8 Å². The number of nitrogens with zero attached hydrogens (tertiary/aromatic N) is 2. The van der Waals surface area contributed by atoms with Crippen molar-refractivity contribution < 1.29 is 24.3 Å². The second-order valence-corrected chi connectivity index (χ2v) is 10.9. The van der Waals surface area contributed by atoms with Gasteiger partial charge in [0.15, 0.2) is 0 Å². The van der Waals surface area contributed by atoms with Crippen molar-refractivity contribution in [1.29, 1.82) is 0 Å². The molecular weight excluding hydrogens is 516 g/mol. The number of carboxylic acids is 1. The third-order valence-electron chi connectivity index (χ3n) is 5.85. The molecule has 2 rings (SSSR count). The molecule has 0 amide bonds. The Kier molecular flexibility index (Phi) is 10.5. The van der Waals surface area contributed by atoms with Gasteiger partial charge < -0.3 is 14.6 Å². The zero-order valence-corrected chi connectivity index (χ0v) is 22.6. The van der Waals surface area contributed by atoms with E-state index in [0.717, 1.165) is 30.4 Å². The molecule has 0 aliphatic rings. The summed E-state index contributed by atoms with van der Waals surface area (Å²) in [6, 6.07) is 11.5. The normalized spacial score (nSPS) is 13.3. The van der Waals surface area contributed by atoms with Gasteiger partial charge in [0.1, 0.15) is 17.5 Å². The van der Waals surface area contributed by atoms with E-state index < -0.39 is 22.3 Å². The molecule has 2 aromatic rings. The van der Waals surface area contributed by atoms with E-state index in [1.807, 2.05) is 37.8 Å². The predicted octanol–water partition coefficient (Wildman–Crippen LogP) is 5.70. The van der Waals surface area contributed by atoms with Crippen LogP contribution in [-0.4, -0.2) is 52.5 Å². The maximum Gasteiger partial charge on any atom is 0.321 e. The van der Waals surface area contributed by atoms with Crippen molar-refractivity contribution in [3.05, 3.63) is 63.7 Å². The van der Waals surface area contributed by atoms with Crippen LogP contribution in [0.3, 0.4) is 0 Å². The maximum atomic E-state index is 12.3. The lowest BCUT2D eigenvalue weighted by Crippen LogP contribution is -2.50. The first kappa shape index (κ1) is 28.6. The van der Waals surface area contributed by atoms with Crippen LogP contribution in [0.5, 0.6) is 11.5 Å². The molecule has 0 heterocycles. The van der Waals surface area contributed by atoms with Crippen molar-refractivity contribution in [2.45, 2.75) is 57.4 Å². The number of aryl methyl sites for hydroxylation is 1. The van der Waals surface area contributed by atoms with Gasteiger partial charge in [0.2, 0.25) is 0 Å². The number of aliphatic carboxylic acids is 1. The number of nitro benzene ring substituents is 1. The number of benzene rings is 2. The van der Waals surface area contributed by atoms with E-state index in [2.05, 4.69) is 15.9 Å². The molecule has 2 unspecified atom stereocenters. The van der Waals surface area contributed by atoms with E-state index in [9.17, 15) is 20.0 Å². The Balaban J connectivity index is 2.14. The zero-order chi connectivity index (χ0) is 26.2. The number of hydrogen-bond acceptors (Lipinski definition) is 6. The molecule has 2 atom stereocenters. The fourth-order valence-corrected chi connectivity index (χ4v) is 4.89. The molecule has 0 aliphatic carbocycles. The number of methoxy groups -OCH3 is 2. The fraction of sp³-hybridized carbons (Fsp3) is 0.500. The SMILES string of the molecule is COc1ccc(CN(CC(Br)CCCc2ccc([N+](=O)[O-])cc2)C(C(=O)O)C(C)(C)C)c(OC)c1. The summed E-state index contributed by atoms with van der Waals surface area (Å²) in [5.41, 5.74) is 1.51. The molecule has 1 N–H and O–H groups in total. The zero-order valence-electron chi connectivity index (χ0n) is 21.0. The summed E-state index contributed by atoms with van der Waals surface area (Å²) in [5, 5.41) is 20.9. The van der Waals surface area contributed by atoms with Crippen LogP contribution in [0, 0.1) is 15.5 Å². The number of ether oxygens (including phenoxy) is 2. The van der Waals surface area contributed by atoms with Crippen molar-refractivity contribution >= 4 is 27.6 Å². The summed E-state index contributed by atoms with van der Waals surface area (Å²) in [7, 11) is 3.18. The molecule has 0 radical (unpaired) electrons. The van der Waals surface area contributed by atoms with Gasteiger partial charge in [0, 0.05) is 41.7 Å². The average molecular weight is 551 g/mol. The van der Waals surface area contributed by atoms with Gasteiger partial charge in [-0.25, -0.2) is 0 Å². The first-order valence-electron chi connectivity index (χ1n) is 11.5. The highest BCUT2D eigenvalue weighted by molar-refractivity contribution is 9.09. The smallest absolute Gasteiger partial charge is 0.321 e. The van der Waals surface area contributed by atoms with Crippen LogP contribution < -0.4 is 9.47 Å². The molecular formula is C26H35BrN2O6. The molecule has 0 saturated heterocycles. The molecule has 9 heteroatoms. The number of nitro groups is 1. The highest BCUT2D eigenvalue weighted by atomic mass is 79.9. The summed E-state index contributed by atoms with van der Waals surface area (Å²) < 4.78 is 10.8. The number of halogens is 1. The van der Waals surface area contributed by atoms with E-state index in [0.29, 0.717) is 24.6 Å². The lowest BCUT2D eigenvalue weighted by atomic mass is 9.85. The van der Waals surface area contributed by atoms with Gasteiger partial charge >= 0.3 is 5.97 Å². The summed E-state index contributed by atoms with van der Waals surface area (Å²) in [5.74, 6) is 0.458. The largest absolute Gasteiger partial charge is 0.497 e. The van der Waals surface area contributed by atoms with Crippen molar-refractivity contribution in [3.8, 4) is 11.5 Å². The highest BCUT2D eigenvalue weighted by Crippen LogP contribution is 2.31. The van der Waals surface area contributed by atoms with Gasteiger partial charge in [0.25, 0.3) is 5.69 Å². The summed E-state index contributed by atoms with van der Waals surface area (Å²) in [6.45, 7) is 6.74. The van der Waals surface area contributed by atoms with E-state index in [1.54, 1.807) is 32.4 Å². The van der Waals surface area contributed by atoms with Crippen LogP contribution >= 0.6 is 15.9 Å². The topological polar surface area (TPSA) is 102 Å². The fourth-order valence-electron chi connectivity index (χ4n) is 4.19. The molecule has 2 aromatic carbocycles. The molecule has 0 aliphatic heterocycles. The number of rotatable bonds is 13. The van der Waals surface area contributed by atoms with Crippen LogP contribution in [-0.2, 0) is 17.8 Å². The first-order valence-corrected chi connectivity index (χ1v) is 12.4. The van der Waals surface area contributed by atoms with Crippen molar-refractivity contribution in [1.82, 2.24) is 4.90 Å². The number of non-ortho nitro benzene ring substituents is 1. The minimum atomic E-state index is -0.865. The second-order valence-electron chi connectivity index (χ2n) is 9.63. The highest BCUT2D eigenvalue weighted by Gasteiger charge is 2.37. The maximum absolute atomic E-state index is 12.3. The molecule has 35 heavy (non-hydrogen) atoms. The number of hydrogen-bond donors (Lipinski definition) is 1. The molecule has 0 saturated carbocycles. The summed E-state index contributed by atoms with van der Waals surface area (Å²) in [4.78, 5) is 24.8.